The number of imide groups is 1. The van der Waals surface area contributed by atoms with Gasteiger partial charge in [0.25, 0.3) is 17.4 Å². The van der Waals surface area contributed by atoms with Crippen molar-refractivity contribution in [1.29, 1.82) is 0 Å². The number of nitrogens with two attached hydrogens (primary N) is 1. The Morgan fingerprint density at radius 3 is 2.58 bits per heavy atom. The highest BCUT2D eigenvalue weighted by molar-refractivity contribution is 6.32. The van der Waals surface area contributed by atoms with E-state index in [-0.39, 0.29) is 16.9 Å². The number of pyridine rings is 1. The van der Waals surface area contributed by atoms with Crippen LogP contribution in [0.5, 0.6) is 0 Å². The number of halogens is 1. The van der Waals surface area contributed by atoms with Gasteiger partial charge in [-0.05, 0) is 30.7 Å². The van der Waals surface area contributed by atoms with Crippen LogP contribution in [0.3, 0.4) is 0 Å². The molecule has 1 aliphatic heterocycles. The molecule has 26 heavy (non-hydrogen) atoms. The first kappa shape index (κ1) is 16.1. The predicted molar refractivity (Wildman–Crippen MR) is 95.1 cm³/mol. The smallest absolute Gasteiger partial charge is 0.262 e. The van der Waals surface area contributed by atoms with Crippen molar-refractivity contribution in [3.05, 3.63) is 68.7 Å². The lowest BCUT2D eigenvalue weighted by molar-refractivity contribution is 0.0880. The van der Waals surface area contributed by atoms with Gasteiger partial charge in [-0.2, -0.15) is 5.10 Å². The molecule has 9 heteroatoms. The summed E-state index contributed by atoms with van der Waals surface area (Å²) in [4.78, 5) is 36.1. The van der Waals surface area contributed by atoms with Crippen LogP contribution in [-0.4, -0.2) is 26.2 Å². The van der Waals surface area contributed by atoms with Crippen LogP contribution in [0.15, 0.2) is 41.5 Å². The summed E-state index contributed by atoms with van der Waals surface area (Å²) in [6.45, 7) is 1.91. The summed E-state index contributed by atoms with van der Waals surface area (Å²) in [5.74, 6) is -1.39. The van der Waals surface area contributed by atoms with Gasteiger partial charge in [-0.15, -0.1) is 0 Å². The Kier molecular flexibility index (Phi) is 3.45. The van der Waals surface area contributed by atoms with E-state index in [1.54, 1.807) is 29.1 Å². The Balaban J connectivity index is 1.88. The first-order valence-electron chi connectivity index (χ1n) is 7.59. The van der Waals surface area contributed by atoms with Crippen molar-refractivity contribution in [2.24, 2.45) is 0 Å². The molecule has 0 saturated carbocycles. The topological polar surface area (TPSA) is 112 Å². The number of aryl methyl sites for hydroxylation is 1. The Bertz CT molecular complexity index is 1160. The number of aromatic nitrogens is 3. The van der Waals surface area contributed by atoms with E-state index in [1.807, 2.05) is 13.1 Å². The molecule has 1 aliphatic rings. The summed E-state index contributed by atoms with van der Waals surface area (Å²) in [5, 5.41) is 6.67. The minimum Gasteiger partial charge on any atom is -0.384 e. The summed E-state index contributed by atoms with van der Waals surface area (Å²) in [6, 6.07) is 5.96. The number of carbonyl (C=O) groups is 2. The van der Waals surface area contributed by atoms with Crippen LogP contribution < -0.4 is 16.6 Å². The molecule has 2 amide bonds. The van der Waals surface area contributed by atoms with Crippen LogP contribution in [0.1, 0.15) is 26.3 Å². The van der Waals surface area contributed by atoms with Crippen molar-refractivity contribution in [3.63, 3.8) is 0 Å². The molecule has 0 atom stereocenters. The van der Waals surface area contributed by atoms with Gasteiger partial charge in [-0.3, -0.25) is 24.3 Å². The molecule has 130 valence electrons. The number of nitrogens with one attached hydrogen (secondary N) is 1. The highest BCUT2D eigenvalue weighted by atomic mass is 35.5. The first-order chi connectivity index (χ1) is 12.4. The molecular weight excluding hydrogens is 358 g/mol. The largest absolute Gasteiger partial charge is 0.384 e. The zero-order valence-electron chi connectivity index (χ0n) is 13.5. The third-order valence-corrected chi connectivity index (χ3v) is 4.40. The maximum absolute atomic E-state index is 12.5. The predicted octanol–water partition coefficient (Wildman–Crippen LogP) is 1.45. The molecule has 8 nitrogen and oxygen atoms in total. The molecule has 0 saturated heterocycles. The Morgan fingerprint density at radius 1 is 1.15 bits per heavy atom. The lowest BCUT2D eigenvalue weighted by Gasteiger charge is -2.13. The van der Waals surface area contributed by atoms with Gasteiger partial charge in [0.15, 0.2) is 0 Å². The Morgan fingerprint density at radius 2 is 1.92 bits per heavy atom. The summed E-state index contributed by atoms with van der Waals surface area (Å²) in [6.07, 6.45) is 3.51. The van der Waals surface area contributed by atoms with E-state index in [4.69, 9.17) is 17.3 Å². The fraction of sp³-hybridized carbons (Fsp3) is 0.0588. The number of benzene rings is 1. The summed E-state index contributed by atoms with van der Waals surface area (Å²) in [5.41, 5.74) is 7.41. The maximum Gasteiger partial charge on any atom is 0.262 e. The van der Waals surface area contributed by atoms with Crippen molar-refractivity contribution in [1.82, 2.24) is 19.7 Å². The molecule has 0 radical (unpaired) electrons. The highest BCUT2D eigenvalue weighted by Crippen LogP contribution is 2.27. The van der Waals surface area contributed by atoms with E-state index >= 15 is 0 Å². The molecular formula is C17H12ClN5O3. The number of hydrogen-bond acceptors (Lipinski definition) is 5. The van der Waals surface area contributed by atoms with Gasteiger partial charge >= 0.3 is 0 Å². The average molecular weight is 370 g/mol. The van der Waals surface area contributed by atoms with Gasteiger partial charge in [0.05, 0.1) is 33.7 Å². The zero-order chi connectivity index (χ0) is 18.6. The molecule has 0 fully saturated rings. The van der Waals surface area contributed by atoms with Crippen molar-refractivity contribution < 1.29 is 9.59 Å². The van der Waals surface area contributed by atoms with Gasteiger partial charge in [0.2, 0.25) is 0 Å². The van der Waals surface area contributed by atoms with Crippen LogP contribution in [0.25, 0.3) is 11.4 Å². The number of anilines is 1. The molecule has 3 N–H and O–H groups in total. The number of fused-ring (bicyclic) bond motifs is 1. The van der Waals surface area contributed by atoms with Crippen molar-refractivity contribution in [2.75, 3.05) is 5.73 Å². The van der Waals surface area contributed by atoms with Crippen LogP contribution in [0, 0.1) is 6.92 Å². The van der Waals surface area contributed by atoms with Gasteiger partial charge in [-0.25, -0.2) is 4.68 Å². The lowest BCUT2D eigenvalue weighted by atomic mass is 10.1. The molecule has 0 bridgehead atoms. The number of nitrogens with zero attached hydrogens (tertiary/aromatic N) is 3. The Hall–Kier alpha value is -3.39. The van der Waals surface area contributed by atoms with Crippen molar-refractivity contribution in [2.45, 2.75) is 6.92 Å². The molecule has 0 spiro atoms. The van der Waals surface area contributed by atoms with Gasteiger partial charge in [-0.1, -0.05) is 11.6 Å². The minimum absolute atomic E-state index is 0.0162. The first-order valence-corrected chi connectivity index (χ1v) is 7.97. The molecule has 3 aromatic rings. The van der Waals surface area contributed by atoms with E-state index in [9.17, 15) is 14.4 Å². The second kappa shape index (κ2) is 5.57. The minimum atomic E-state index is -0.636. The molecule has 0 aliphatic carbocycles. The zero-order valence-corrected chi connectivity index (χ0v) is 14.2. The van der Waals surface area contributed by atoms with E-state index in [2.05, 4.69) is 10.4 Å². The van der Waals surface area contributed by atoms with Gasteiger partial charge in [0.1, 0.15) is 5.82 Å². The monoisotopic (exact) mass is 369 g/mol. The number of hydrogen-bond donors (Lipinski definition) is 2. The quantitative estimate of drug-likeness (QED) is 0.664. The molecule has 2 aromatic heterocycles. The van der Waals surface area contributed by atoms with E-state index in [0.717, 1.165) is 16.2 Å². The van der Waals surface area contributed by atoms with Gasteiger partial charge < -0.3 is 5.73 Å². The number of rotatable bonds is 2. The summed E-state index contributed by atoms with van der Waals surface area (Å²) >= 11 is 6.35. The number of amides is 2. The number of carbonyl (C=O) groups excluding carboxylic acids is 2. The lowest BCUT2D eigenvalue weighted by Crippen LogP contribution is -2.24. The van der Waals surface area contributed by atoms with Crippen molar-refractivity contribution in [3.8, 4) is 11.4 Å². The molecule has 3 heterocycles. The maximum atomic E-state index is 12.5. The highest BCUT2D eigenvalue weighted by Gasteiger charge is 2.31. The third-order valence-electron chi connectivity index (χ3n) is 4.10. The second-order valence-electron chi connectivity index (χ2n) is 5.87. The summed E-state index contributed by atoms with van der Waals surface area (Å²) in [7, 11) is 0. The summed E-state index contributed by atoms with van der Waals surface area (Å²) < 4.78 is 2.75. The molecule has 4 rings (SSSR count). The van der Waals surface area contributed by atoms with E-state index < -0.39 is 17.4 Å². The Labute approximate surface area is 151 Å². The fourth-order valence-corrected chi connectivity index (χ4v) is 3.17. The van der Waals surface area contributed by atoms with E-state index in [1.165, 1.54) is 0 Å². The van der Waals surface area contributed by atoms with Crippen LogP contribution in [0.4, 0.5) is 5.82 Å². The average Bonchev–Trinajstić information content (AvgIpc) is 3.11. The number of nitrogen functional groups attached to an aromatic ring is 1. The SMILES string of the molecule is Cc1cnn(-c2ccc(-n3c(N)c4c(cc3=O)C(=O)NC4=O)cc2Cl)c1. The standard InChI is InChI=1S/C17H12ClN5O3/c1-8-6-20-22(7-8)12-3-2-9(4-11(12)18)23-13(24)5-10-14(15(23)19)17(26)21-16(10)25/h2-7H,19H2,1H3,(H,21,25,26). The van der Waals surface area contributed by atoms with E-state index in [0.29, 0.717) is 16.4 Å². The third kappa shape index (κ3) is 2.31. The molecule has 1 aromatic carbocycles. The van der Waals surface area contributed by atoms with Gasteiger partial charge in [0, 0.05) is 12.3 Å². The second-order valence-corrected chi connectivity index (χ2v) is 6.28. The van der Waals surface area contributed by atoms with Crippen LogP contribution in [-0.2, 0) is 0 Å². The fourth-order valence-electron chi connectivity index (χ4n) is 2.91. The van der Waals surface area contributed by atoms with Crippen LogP contribution in [0.2, 0.25) is 5.02 Å². The van der Waals surface area contributed by atoms with Crippen molar-refractivity contribution >= 4 is 29.2 Å². The molecule has 0 unspecified atom stereocenters. The van der Waals surface area contributed by atoms with Crippen LogP contribution >= 0.6 is 11.6 Å². The normalized spacial score (nSPS) is 13.0.